The topological polar surface area (TPSA) is 59.0 Å². The standard InChI is InChI=1S/C17H20N4OS.ClH/c1-18-16(13-9-20-21(2)10-13)17(22)19-8-7-12-11-23-15-6-4-3-5-14(12)15;/h3-6,9-11,16,18H,7-8H2,1-2H3,(H,19,22);1H. The van der Waals surface area contributed by atoms with Crippen molar-refractivity contribution in [2.24, 2.45) is 7.05 Å². The second-order valence-electron chi connectivity index (χ2n) is 5.47. The molecule has 2 N–H and O–H groups in total. The lowest BCUT2D eigenvalue weighted by atomic mass is 10.1. The van der Waals surface area contributed by atoms with Crippen LogP contribution in [-0.4, -0.2) is 29.3 Å². The lowest BCUT2D eigenvalue weighted by molar-refractivity contribution is -0.123. The molecule has 0 spiro atoms. The highest BCUT2D eigenvalue weighted by molar-refractivity contribution is 7.17. The van der Waals surface area contributed by atoms with Crippen molar-refractivity contribution in [1.82, 2.24) is 20.4 Å². The molecule has 1 atom stereocenters. The average Bonchev–Trinajstić information content (AvgIpc) is 3.15. The summed E-state index contributed by atoms with van der Waals surface area (Å²) < 4.78 is 2.99. The van der Waals surface area contributed by atoms with Crippen molar-refractivity contribution in [3.05, 3.63) is 53.2 Å². The maximum atomic E-state index is 12.4. The zero-order valence-corrected chi connectivity index (χ0v) is 15.3. The molecule has 0 saturated carbocycles. The zero-order chi connectivity index (χ0) is 16.2. The van der Waals surface area contributed by atoms with Gasteiger partial charge in [0, 0.05) is 30.1 Å². The molecule has 24 heavy (non-hydrogen) atoms. The molecule has 0 aliphatic heterocycles. The Labute approximate surface area is 151 Å². The van der Waals surface area contributed by atoms with Crippen LogP contribution in [0.15, 0.2) is 42.0 Å². The van der Waals surface area contributed by atoms with Crippen LogP contribution in [0.5, 0.6) is 0 Å². The number of aromatic nitrogens is 2. The van der Waals surface area contributed by atoms with Crippen LogP contribution in [0, 0.1) is 0 Å². The first-order valence-electron chi connectivity index (χ1n) is 7.57. The average molecular weight is 365 g/mol. The molecule has 1 amide bonds. The molecule has 3 aromatic rings. The molecular weight excluding hydrogens is 344 g/mol. The van der Waals surface area contributed by atoms with E-state index in [-0.39, 0.29) is 24.4 Å². The van der Waals surface area contributed by atoms with E-state index in [2.05, 4.69) is 45.4 Å². The number of aryl methyl sites for hydroxylation is 1. The van der Waals surface area contributed by atoms with Gasteiger partial charge in [-0.3, -0.25) is 9.48 Å². The third kappa shape index (κ3) is 3.95. The van der Waals surface area contributed by atoms with Crippen LogP contribution >= 0.6 is 23.7 Å². The van der Waals surface area contributed by atoms with E-state index in [9.17, 15) is 4.79 Å². The second-order valence-corrected chi connectivity index (χ2v) is 6.38. The fourth-order valence-corrected chi connectivity index (χ4v) is 3.68. The highest BCUT2D eigenvalue weighted by Crippen LogP contribution is 2.25. The van der Waals surface area contributed by atoms with E-state index in [0.29, 0.717) is 6.54 Å². The number of hydrogen-bond donors (Lipinski definition) is 2. The van der Waals surface area contributed by atoms with E-state index in [1.807, 2.05) is 13.2 Å². The highest BCUT2D eigenvalue weighted by atomic mass is 35.5. The lowest BCUT2D eigenvalue weighted by Crippen LogP contribution is -2.36. The van der Waals surface area contributed by atoms with Gasteiger partial charge in [-0.1, -0.05) is 18.2 Å². The van der Waals surface area contributed by atoms with Crippen molar-refractivity contribution in [3.63, 3.8) is 0 Å². The Morgan fingerprint density at radius 3 is 2.88 bits per heavy atom. The maximum Gasteiger partial charge on any atom is 0.241 e. The van der Waals surface area contributed by atoms with E-state index in [1.54, 1.807) is 29.3 Å². The Hall–Kier alpha value is -1.89. The van der Waals surface area contributed by atoms with Crippen molar-refractivity contribution in [2.45, 2.75) is 12.5 Å². The molecule has 3 rings (SSSR count). The van der Waals surface area contributed by atoms with Gasteiger partial charge in [-0.2, -0.15) is 5.10 Å². The molecule has 7 heteroatoms. The number of fused-ring (bicyclic) bond motifs is 1. The number of halogens is 1. The quantitative estimate of drug-likeness (QED) is 0.707. The number of rotatable bonds is 6. The minimum absolute atomic E-state index is 0. The van der Waals surface area contributed by atoms with Gasteiger partial charge >= 0.3 is 0 Å². The van der Waals surface area contributed by atoms with Gasteiger partial charge in [0.2, 0.25) is 5.91 Å². The van der Waals surface area contributed by atoms with Crippen molar-refractivity contribution in [3.8, 4) is 0 Å². The first kappa shape index (κ1) is 18.4. The molecule has 0 fully saturated rings. The summed E-state index contributed by atoms with van der Waals surface area (Å²) in [5.74, 6) is -0.0277. The van der Waals surface area contributed by atoms with E-state index in [1.165, 1.54) is 15.6 Å². The fourth-order valence-electron chi connectivity index (χ4n) is 2.69. The van der Waals surface area contributed by atoms with Gasteiger partial charge in [0.25, 0.3) is 0 Å². The van der Waals surface area contributed by atoms with Gasteiger partial charge in [-0.25, -0.2) is 0 Å². The number of nitrogens with zero attached hydrogens (tertiary/aromatic N) is 2. The Morgan fingerprint density at radius 1 is 1.38 bits per heavy atom. The number of benzene rings is 1. The molecule has 2 aromatic heterocycles. The number of hydrogen-bond acceptors (Lipinski definition) is 4. The normalized spacial score (nSPS) is 11.9. The molecule has 5 nitrogen and oxygen atoms in total. The van der Waals surface area contributed by atoms with Gasteiger partial charge in [-0.05, 0) is 35.9 Å². The van der Waals surface area contributed by atoms with Gasteiger partial charge < -0.3 is 10.6 Å². The predicted molar refractivity (Wildman–Crippen MR) is 101 cm³/mol. The van der Waals surface area contributed by atoms with Gasteiger partial charge in [0.15, 0.2) is 0 Å². The Bertz CT molecular complexity index is 814. The molecule has 1 aromatic carbocycles. The van der Waals surface area contributed by atoms with Crippen LogP contribution < -0.4 is 10.6 Å². The summed E-state index contributed by atoms with van der Waals surface area (Å²) in [6.45, 7) is 0.623. The number of amides is 1. The smallest absolute Gasteiger partial charge is 0.241 e. The Kier molecular flexibility index (Phi) is 6.36. The van der Waals surface area contributed by atoms with Crippen LogP contribution in [0.25, 0.3) is 10.1 Å². The Balaban J connectivity index is 0.00000208. The van der Waals surface area contributed by atoms with E-state index >= 15 is 0 Å². The summed E-state index contributed by atoms with van der Waals surface area (Å²) in [5, 5.41) is 13.6. The number of thiophene rings is 1. The highest BCUT2D eigenvalue weighted by Gasteiger charge is 2.19. The molecule has 1 unspecified atom stereocenters. The summed E-state index contributed by atoms with van der Waals surface area (Å²) in [6, 6.07) is 7.99. The lowest BCUT2D eigenvalue weighted by Gasteiger charge is -2.14. The van der Waals surface area contributed by atoms with E-state index < -0.39 is 0 Å². The molecular formula is C17H21ClN4OS. The summed E-state index contributed by atoms with van der Waals surface area (Å²) in [4.78, 5) is 12.4. The summed E-state index contributed by atoms with van der Waals surface area (Å²) in [6.07, 6.45) is 4.40. The zero-order valence-electron chi connectivity index (χ0n) is 13.7. The molecule has 0 radical (unpaired) electrons. The van der Waals surface area contributed by atoms with Crippen LogP contribution in [0.3, 0.4) is 0 Å². The summed E-state index contributed by atoms with van der Waals surface area (Å²) >= 11 is 1.75. The molecule has 0 saturated heterocycles. The third-order valence-electron chi connectivity index (χ3n) is 3.86. The molecule has 0 bridgehead atoms. The summed E-state index contributed by atoms with van der Waals surface area (Å²) in [5.41, 5.74) is 2.15. The minimum Gasteiger partial charge on any atom is -0.354 e. The van der Waals surface area contributed by atoms with Crippen LogP contribution in [0.4, 0.5) is 0 Å². The van der Waals surface area contributed by atoms with E-state index in [4.69, 9.17) is 0 Å². The monoisotopic (exact) mass is 364 g/mol. The SMILES string of the molecule is CNC(C(=O)NCCc1csc2ccccc12)c1cnn(C)c1.Cl. The van der Waals surface area contributed by atoms with Gasteiger partial charge in [0.05, 0.1) is 6.20 Å². The van der Waals surface area contributed by atoms with Crippen LogP contribution in [-0.2, 0) is 18.3 Å². The number of likely N-dealkylation sites (N-methyl/N-ethyl adjacent to an activating group) is 1. The van der Waals surface area contributed by atoms with Gasteiger partial charge in [0.1, 0.15) is 6.04 Å². The molecule has 0 aliphatic carbocycles. The molecule has 0 aliphatic rings. The summed E-state index contributed by atoms with van der Waals surface area (Å²) in [7, 11) is 3.62. The maximum absolute atomic E-state index is 12.4. The number of nitrogens with one attached hydrogen (secondary N) is 2. The first-order chi connectivity index (χ1) is 11.2. The second kappa shape index (κ2) is 8.28. The number of carbonyl (C=O) groups excluding carboxylic acids is 1. The fraction of sp³-hybridized carbons (Fsp3) is 0.294. The largest absolute Gasteiger partial charge is 0.354 e. The van der Waals surface area contributed by atoms with Crippen molar-refractivity contribution >= 4 is 39.7 Å². The van der Waals surface area contributed by atoms with Gasteiger partial charge in [-0.15, -0.1) is 23.7 Å². The third-order valence-corrected chi connectivity index (χ3v) is 4.88. The van der Waals surface area contributed by atoms with Crippen molar-refractivity contribution < 1.29 is 4.79 Å². The van der Waals surface area contributed by atoms with Crippen molar-refractivity contribution in [2.75, 3.05) is 13.6 Å². The van der Waals surface area contributed by atoms with Crippen LogP contribution in [0.1, 0.15) is 17.2 Å². The predicted octanol–water partition coefficient (Wildman–Crippen LogP) is 2.68. The molecule has 128 valence electrons. The van der Waals surface area contributed by atoms with Crippen molar-refractivity contribution in [1.29, 1.82) is 0 Å². The van der Waals surface area contributed by atoms with Crippen LogP contribution in [0.2, 0.25) is 0 Å². The Morgan fingerprint density at radius 2 is 2.17 bits per heavy atom. The number of carbonyl (C=O) groups is 1. The first-order valence-corrected chi connectivity index (χ1v) is 8.45. The van der Waals surface area contributed by atoms with E-state index in [0.717, 1.165) is 12.0 Å². The minimum atomic E-state index is -0.372. The molecule has 2 heterocycles.